The van der Waals surface area contributed by atoms with Crippen LogP contribution in [-0.4, -0.2) is 48.0 Å². The molecule has 0 spiro atoms. The van der Waals surface area contributed by atoms with Crippen LogP contribution in [0.5, 0.6) is 0 Å². The van der Waals surface area contributed by atoms with Crippen molar-refractivity contribution in [2.75, 3.05) is 5.75 Å². The highest BCUT2D eigenvalue weighted by Gasteiger charge is 2.65. The van der Waals surface area contributed by atoms with E-state index in [1.54, 1.807) is 6.07 Å². The fraction of sp³-hybridized carbons (Fsp3) is 0.267. The maximum Gasteiger partial charge on any atom is 0.440 e. The molecule has 0 saturated carbocycles. The van der Waals surface area contributed by atoms with Crippen LogP contribution in [-0.2, 0) is 9.84 Å². The zero-order chi connectivity index (χ0) is 18.5. The molecule has 2 aliphatic heterocycles. The van der Waals surface area contributed by atoms with Crippen molar-refractivity contribution in [3.05, 3.63) is 53.2 Å². The van der Waals surface area contributed by atoms with Crippen LogP contribution in [0.2, 0.25) is 0 Å². The van der Waals surface area contributed by atoms with Gasteiger partial charge in [0.15, 0.2) is 9.84 Å². The Balaban J connectivity index is 2.04. The van der Waals surface area contributed by atoms with Gasteiger partial charge in [-0.3, -0.25) is 0 Å². The predicted molar refractivity (Wildman–Crippen MR) is 88.7 cm³/mol. The second kappa shape index (κ2) is 5.96. The molecule has 0 saturated heterocycles. The van der Waals surface area contributed by atoms with Crippen molar-refractivity contribution in [2.45, 2.75) is 22.8 Å². The smallest absolute Gasteiger partial charge is 0.360 e. The molecule has 1 aromatic rings. The lowest BCUT2D eigenvalue weighted by atomic mass is 10.1. The number of amidine groups is 1. The Hall–Kier alpha value is -1.65. The average Bonchev–Trinajstić information content (AvgIpc) is 2.81. The van der Waals surface area contributed by atoms with Crippen LogP contribution >= 0.6 is 15.9 Å². The summed E-state index contributed by atoms with van der Waals surface area (Å²) in [6.07, 6.45) is -1.13. The van der Waals surface area contributed by atoms with Gasteiger partial charge in [0.2, 0.25) is 0 Å². The van der Waals surface area contributed by atoms with Crippen LogP contribution in [0.25, 0.3) is 0 Å². The number of alkyl halides is 3. The Morgan fingerprint density at radius 3 is 2.48 bits per heavy atom. The van der Waals surface area contributed by atoms with E-state index in [2.05, 4.69) is 20.9 Å². The second-order valence-electron chi connectivity index (χ2n) is 5.56. The Labute approximate surface area is 150 Å². The third-order valence-corrected chi connectivity index (χ3v) is 6.11. The van der Waals surface area contributed by atoms with E-state index in [4.69, 9.17) is 0 Å². The maximum atomic E-state index is 13.5. The van der Waals surface area contributed by atoms with Crippen molar-refractivity contribution >= 4 is 31.6 Å². The third kappa shape index (κ3) is 3.13. The number of allylic oxidation sites excluding steroid dienone is 2. The first kappa shape index (κ1) is 18.2. The molecule has 0 aliphatic carbocycles. The van der Waals surface area contributed by atoms with Crippen LogP contribution in [0.3, 0.4) is 0 Å². The van der Waals surface area contributed by atoms with Gasteiger partial charge in [-0.05, 0) is 40.2 Å². The van der Waals surface area contributed by atoms with Crippen LogP contribution in [0, 0.1) is 0 Å². The molecular weight excluding hydrogens is 425 g/mol. The summed E-state index contributed by atoms with van der Waals surface area (Å²) in [5.41, 5.74) is -3.53. The first-order valence-corrected chi connectivity index (χ1v) is 9.50. The van der Waals surface area contributed by atoms with Gasteiger partial charge in [0, 0.05) is 10.7 Å². The normalized spacial score (nSPS) is 26.3. The number of fused-ring (bicyclic) bond motifs is 1. The van der Waals surface area contributed by atoms with E-state index in [-0.39, 0.29) is 10.7 Å². The first-order chi connectivity index (χ1) is 11.5. The molecule has 0 bridgehead atoms. The minimum absolute atomic E-state index is 0.122. The van der Waals surface area contributed by atoms with Crippen LogP contribution < -0.4 is 0 Å². The fourth-order valence-corrected chi connectivity index (χ4v) is 4.58. The quantitative estimate of drug-likeness (QED) is 0.790. The first-order valence-electron chi connectivity index (χ1n) is 7.05. The third-order valence-electron chi connectivity index (χ3n) is 3.90. The zero-order valence-corrected chi connectivity index (χ0v) is 14.9. The highest BCUT2D eigenvalue weighted by atomic mass is 79.9. The summed E-state index contributed by atoms with van der Waals surface area (Å²) in [6.45, 7) is 0. The molecule has 5 nitrogen and oxygen atoms in total. The van der Waals surface area contributed by atoms with Gasteiger partial charge in [-0.15, -0.1) is 0 Å². The minimum atomic E-state index is -5.14. The Bertz CT molecular complexity index is 881. The van der Waals surface area contributed by atoms with Gasteiger partial charge < -0.3 is 10.0 Å². The van der Waals surface area contributed by atoms with Gasteiger partial charge in [-0.2, -0.15) is 13.2 Å². The number of benzene rings is 1. The number of hydrogen-bond acceptors (Lipinski definition) is 5. The van der Waals surface area contributed by atoms with E-state index in [0.29, 0.717) is 4.48 Å². The lowest BCUT2D eigenvalue weighted by molar-refractivity contribution is -0.264. The molecule has 0 unspecified atom stereocenters. The average molecular weight is 437 g/mol. The lowest BCUT2D eigenvalue weighted by Gasteiger charge is -2.33. The molecule has 1 aromatic carbocycles. The van der Waals surface area contributed by atoms with Gasteiger partial charge >= 0.3 is 6.18 Å². The van der Waals surface area contributed by atoms with Crippen molar-refractivity contribution < 1.29 is 26.7 Å². The van der Waals surface area contributed by atoms with Crippen LogP contribution in [0.1, 0.15) is 0 Å². The number of aliphatic hydroxyl groups is 1. The molecule has 2 aliphatic rings. The SMILES string of the molecule is O=S(=O)(C[C@@H]1N2C=C(Br)C=CC2=N[C@@]1(O)C(F)(F)F)c1ccccc1. The van der Waals surface area contributed by atoms with E-state index in [9.17, 15) is 26.7 Å². The number of nitrogens with zero attached hydrogens (tertiary/aromatic N) is 2. The van der Waals surface area contributed by atoms with Crippen molar-refractivity contribution in [3.63, 3.8) is 0 Å². The van der Waals surface area contributed by atoms with Gasteiger partial charge in [0.25, 0.3) is 5.72 Å². The number of hydrogen-bond donors (Lipinski definition) is 1. The summed E-state index contributed by atoms with van der Waals surface area (Å²) < 4.78 is 66.0. The summed E-state index contributed by atoms with van der Waals surface area (Å²) in [5.74, 6) is -1.11. The van der Waals surface area contributed by atoms with E-state index in [0.717, 1.165) is 4.90 Å². The minimum Gasteiger partial charge on any atom is -0.360 e. The molecule has 0 fully saturated rings. The molecule has 10 heteroatoms. The number of aliphatic imine (C=N–C) groups is 1. The van der Waals surface area contributed by atoms with Crippen LogP contribution in [0.4, 0.5) is 13.2 Å². The molecule has 25 heavy (non-hydrogen) atoms. The maximum absolute atomic E-state index is 13.5. The van der Waals surface area contributed by atoms with E-state index in [1.807, 2.05) is 0 Å². The zero-order valence-electron chi connectivity index (χ0n) is 12.5. The summed E-state index contributed by atoms with van der Waals surface area (Å²) in [6, 6.07) is 5.28. The molecule has 0 radical (unpaired) electrons. The fourth-order valence-electron chi connectivity index (χ4n) is 2.65. The molecule has 134 valence electrons. The van der Waals surface area contributed by atoms with Gasteiger partial charge in [0.05, 0.1) is 10.6 Å². The van der Waals surface area contributed by atoms with E-state index in [1.165, 1.54) is 42.6 Å². The highest BCUT2D eigenvalue weighted by molar-refractivity contribution is 9.11. The van der Waals surface area contributed by atoms with Crippen LogP contribution in [0.15, 0.2) is 63.1 Å². The topological polar surface area (TPSA) is 70.0 Å². The second-order valence-corrected chi connectivity index (χ2v) is 8.51. The standard InChI is InChI=1S/C15H12BrF3N2O3S/c16-10-6-7-13-20-14(22,15(17,18)19)12(21(13)8-10)9-25(23,24)11-4-2-1-3-5-11/h1-8,12,22H,9H2/t12-,14-/m0/s1. The summed E-state index contributed by atoms with van der Waals surface area (Å²) >= 11 is 3.13. The predicted octanol–water partition coefficient (Wildman–Crippen LogP) is 2.60. The van der Waals surface area contributed by atoms with Crippen molar-refractivity contribution in [2.24, 2.45) is 4.99 Å². The monoisotopic (exact) mass is 436 g/mol. The molecule has 3 rings (SSSR count). The molecule has 0 aromatic heterocycles. The lowest BCUT2D eigenvalue weighted by Crippen LogP contribution is -2.57. The largest absolute Gasteiger partial charge is 0.440 e. The van der Waals surface area contributed by atoms with Crippen molar-refractivity contribution in [1.29, 1.82) is 0 Å². The summed E-state index contributed by atoms with van der Waals surface area (Å²) in [5, 5.41) is 10.2. The number of sulfone groups is 1. The van der Waals surface area contributed by atoms with E-state index >= 15 is 0 Å². The van der Waals surface area contributed by atoms with Gasteiger partial charge in [-0.25, -0.2) is 13.4 Å². The van der Waals surface area contributed by atoms with E-state index < -0.39 is 33.5 Å². The molecule has 2 heterocycles. The van der Waals surface area contributed by atoms with Crippen molar-refractivity contribution in [1.82, 2.24) is 4.90 Å². The number of rotatable bonds is 3. The highest BCUT2D eigenvalue weighted by Crippen LogP contribution is 2.43. The summed E-state index contributed by atoms with van der Waals surface area (Å²) in [7, 11) is -4.09. The summed E-state index contributed by atoms with van der Waals surface area (Å²) in [4.78, 5) is 4.27. The Morgan fingerprint density at radius 2 is 1.88 bits per heavy atom. The van der Waals surface area contributed by atoms with Gasteiger partial charge in [0.1, 0.15) is 11.9 Å². The molecule has 1 N–H and O–H groups in total. The number of halogens is 4. The Morgan fingerprint density at radius 1 is 1.24 bits per heavy atom. The van der Waals surface area contributed by atoms with Gasteiger partial charge in [-0.1, -0.05) is 18.2 Å². The molecule has 2 atom stereocenters. The molecular formula is C15H12BrF3N2O3S. The Kier molecular flexibility index (Phi) is 4.33. The van der Waals surface area contributed by atoms with Crippen molar-refractivity contribution in [3.8, 4) is 0 Å². The molecule has 0 amide bonds.